The van der Waals surface area contributed by atoms with Crippen molar-refractivity contribution in [1.82, 2.24) is 25.5 Å². The molecule has 27 heavy (non-hydrogen) atoms. The zero-order valence-electron chi connectivity index (χ0n) is 14.8. The van der Waals surface area contributed by atoms with E-state index in [1.807, 2.05) is 19.1 Å². The van der Waals surface area contributed by atoms with Gasteiger partial charge in [0.15, 0.2) is 0 Å². The maximum absolute atomic E-state index is 12.7. The van der Waals surface area contributed by atoms with Crippen molar-refractivity contribution in [2.24, 2.45) is 0 Å². The number of nitrogens with one attached hydrogen (secondary N) is 3. The molecule has 7 heteroatoms. The summed E-state index contributed by atoms with van der Waals surface area (Å²) in [6.45, 7) is 2.89. The Bertz CT molecular complexity index is 1160. The van der Waals surface area contributed by atoms with Crippen LogP contribution in [0, 0.1) is 6.92 Å². The third kappa shape index (κ3) is 2.79. The lowest BCUT2D eigenvalue weighted by atomic mass is 9.91. The van der Waals surface area contributed by atoms with E-state index in [-0.39, 0.29) is 11.6 Å². The van der Waals surface area contributed by atoms with E-state index >= 15 is 0 Å². The molecular formula is C20H19N5OS. The van der Waals surface area contributed by atoms with E-state index in [9.17, 15) is 4.79 Å². The van der Waals surface area contributed by atoms with Crippen molar-refractivity contribution < 1.29 is 0 Å². The van der Waals surface area contributed by atoms with Crippen molar-refractivity contribution in [3.63, 3.8) is 0 Å². The first-order valence-electron chi connectivity index (χ1n) is 9.03. The zero-order valence-corrected chi connectivity index (χ0v) is 15.6. The number of nitrogens with zero attached hydrogens (tertiary/aromatic N) is 2. The molecule has 0 spiro atoms. The van der Waals surface area contributed by atoms with E-state index in [0.29, 0.717) is 16.4 Å². The Labute approximate surface area is 159 Å². The van der Waals surface area contributed by atoms with Crippen LogP contribution in [0.4, 0.5) is 0 Å². The van der Waals surface area contributed by atoms with Gasteiger partial charge in [0.25, 0.3) is 5.56 Å². The summed E-state index contributed by atoms with van der Waals surface area (Å²) in [7, 11) is 0. The first kappa shape index (κ1) is 16.4. The van der Waals surface area contributed by atoms with E-state index in [0.717, 1.165) is 34.6 Å². The van der Waals surface area contributed by atoms with Crippen LogP contribution in [0.25, 0.3) is 20.7 Å². The van der Waals surface area contributed by atoms with Gasteiger partial charge in [-0.2, -0.15) is 5.10 Å². The van der Waals surface area contributed by atoms with Gasteiger partial charge in [-0.25, -0.2) is 4.98 Å². The molecule has 5 rings (SSSR count). The quantitative estimate of drug-likeness (QED) is 0.510. The predicted molar refractivity (Wildman–Crippen MR) is 107 cm³/mol. The van der Waals surface area contributed by atoms with Crippen LogP contribution < -0.4 is 10.9 Å². The summed E-state index contributed by atoms with van der Waals surface area (Å²) in [5.41, 5.74) is 3.94. The largest absolute Gasteiger partial charge is 0.308 e. The Hall–Kier alpha value is -2.77. The molecule has 1 aromatic carbocycles. The number of hydrogen-bond donors (Lipinski definition) is 3. The van der Waals surface area contributed by atoms with Crippen molar-refractivity contribution >= 4 is 21.6 Å². The van der Waals surface area contributed by atoms with Gasteiger partial charge in [-0.3, -0.25) is 9.89 Å². The molecule has 0 aliphatic carbocycles. The van der Waals surface area contributed by atoms with Gasteiger partial charge in [0.2, 0.25) is 0 Å². The monoisotopic (exact) mass is 377 g/mol. The van der Waals surface area contributed by atoms with E-state index in [1.54, 1.807) is 6.20 Å². The molecule has 136 valence electrons. The van der Waals surface area contributed by atoms with Crippen molar-refractivity contribution in [3.8, 4) is 10.4 Å². The Kier molecular flexibility index (Phi) is 3.91. The third-order valence-corrected chi connectivity index (χ3v) is 6.40. The number of aromatic nitrogens is 4. The zero-order chi connectivity index (χ0) is 18.4. The van der Waals surface area contributed by atoms with Crippen LogP contribution in [0.2, 0.25) is 0 Å². The molecule has 0 unspecified atom stereocenters. The molecule has 3 aromatic heterocycles. The Morgan fingerprint density at radius 1 is 1.22 bits per heavy atom. The molecule has 1 saturated heterocycles. The van der Waals surface area contributed by atoms with Crippen LogP contribution in [0.15, 0.2) is 47.4 Å². The second-order valence-electron chi connectivity index (χ2n) is 6.92. The second-order valence-corrected chi connectivity index (χ2v) is 7.97. The summed E-state index contributed by atoms with van der Waals surface area (Å²) in [6, 6.07) is 12.4. The minimum Gasteiger partial charge on any atom is -0.308 e. The maximum atomic E-state index is 12.7. The van der Waals surface area contributed by atoms with Gasteiger partial charge in [-0.15, -0.1) is 11.3 Å². The topological polar surface area (TPSA) is 86.5 Å². The van der Waals surface area contributed by atoms with Crippen molar-refractivity contribution in [3.05, 3.63) is 70.0 Å². The molecule has 0 bridgehead atoms. The molecule has 3 N–H and O–H groups in total. The Balaban J connectivity index is 1.58. The van der Waals surface area contributed by atoms with Crippen molar-refractivity contribution in [2.45, 2.75) is 25.3 Å². The number of H-pyrrole nitrogens is 2. The lowest BCUT2D eigenvalue weighted by Crippen LogP contribution is -2.23. The van der Waals surface area contributed by atoms with Crippen LogP contribution in [-0.4, -0.2) is 26.7 Å². The smallest absolute Gasteiger partial charge is 0.268 e. The van der Waals surface area contributed by atoms with Gasteiger partial charge in [0, 0.05) is 22.1 Å². The molecule has 1 fully saturated rings. The Morgan fingerprint density at radius 3 is 2.85 bits per heavy atom. The van der Waals surface area contributed by atoms with Crippen LogP contribution >= 0.6 is 11.3 Å². The minimum absolute atomic E-state index is 0.0171. The average Bonchev–Trinajstić information content (AvgIpc) is 3.41. The van der Waals surface area contributed by atoms with Crippen molar-refractivity contribution in [2.75, 3.05) is 6.54 Å². The van der Waals surface area contributed by atoms with Gasteiger partial charge < -0.3 is 10.3 Å². The Morgan fingerprint density at radius 2 is 2.07 bits per heavy atom. The number of rotatable bonds is 3. The SMILES string of the molecule is Cc1[nH]ncc1-c1cc2nc([C@H]3NCC[C@H]3c3ccccc3)[nH]c(=O)c2s1. The van der Waals surface area contributed by atoms with Crippen molar-refractivity contribution in [1.29, 1.82) is 0 Å². The highest BCUT2D eigenvalue weighted by Crippen LogP contribution is 2.37. The highest BCUT2D eigenvalue weighted by molar-refractivity contribution is 7.22. The molecule has 1 aliphatic heterocycles. The summed E-state index contributed by atoms with van der Waals surface area (Å²) in [4.78, 5) is 21.6. The molecule has 0 amide bonds. The number of fused-ring (bicyclic) bond motifs is 1. The van der Waals surface area contributed by atoms with Gasteiger partial charge in [-0.1, -0.05) is 30.3 Å². The molecule has 4 aromatic rings. The van der Waals surface area contributed by atoms with Crippen LogP contribution in [0.1, 0.15) is 35.5 Å². The fourth-order valence-electron chi connectivity index (χ4n) is 3.89. The number of hydrogen-bond acceptors (Lipinski definition) is 5. The molecule has 1 aliphatic rings. The fourth-order valence-corrected chi connectivity index (χ4v) is 4.95. The molecule has 2 atom stereocenters. The number of aryl methyl sites for hydroxylation is 1. The lowest BCUT2D eigenvalue weighted by molar-refractivity contribution is 0.546. The van der Waals surface area contributed by atoms with Crippen LogP contribution in [-0.2, 0) is 0 Å². The highest BCUT2D eigenvalue weighted by Gasteiger charge is 2.31. The standard InChI is InChI=1S/C20H19N5OS/c1-11-14(10-22-25-11)16-9-15-18(27-16)20(26)24-19(23-15)17-13(7-8-21-17)12-5-3-2-4-6-12/h2-6,9-10,13,17,21H,7-8H2,1H3,(H,22,25)(H,23,24,26)/t13-,17-/m0/s1. The maximum Gasteiger partial charge on any atom is 0.268 e. The van der Waals surface area contributed by atoms with Crippen LogP contribution in [0.3, 0.4) is 0 Å². The van der Waals surface area contributed by atoms with E-state index in [4.69, 9.17) is 4.98 Å². The highest BCUT2D eigenvalue weighted by atomic mass is 32.1. The molecule has 0 radical (unpaired) electrons. The van der Waals surface area contributed by atoms with Crippen LogP contribution in [0.5, 0.6) is 0 Å². The van der Waals surface area contributed by atoms with E-state index in [2.05, 4.69) is 44.8 Å². The summed E-state index contributed by atoms with van der Waals surface area (Å²) in [5, 5.41) is 10.5. The van der Waals surface area contributed by atoms with Gasteiger partial charge in [0.1, 0.15) is 10.5 Å². The third-order valence-electron chi connectivity index (χ3n) is 5.24. The molecule has 4 heterocycles. The van der Waals surface area contributed by atoms with Gasteiger partial charge in [0.05, 0.1) is 17.8 Å². The summed E-state index contributed by atoms with van der Waals surface area (Å²) < 4.78 is 0.656. The second kappa shape index (κ2) is 6.44. The number of aromatic amines is 2. The molecular weight excluding hydrogens is 358 g/mol. The normalized spacial score (nSPS) is 19.7. The average molecular weight is 377 g/mol. The van der Waals surface area contributed by atoms with E-state index < -0.39 is 0 Å². The summed E-state index contributed by atoms with van der Waals surface area (Å²) in [5.74, 6) is 1.02. The number of thiophene rings is 1. The lowest BCUT2D eigenvalue weighted by Gasteiger charge is -2.19. The number of benzene rings is 1. The van der Waals surface area contributed by atoms with Gasteiger partial charge in [-0.05, 0) is 31.5 Å². The predicted octanol–water partition coefficient (Wildman–Crippen LogP) is 3.50. The first-order valence-corrected chi connectivity index (χ1v) is 9.85. The fraction of sp³-hybridized carbons (Fsp3) is 0.250. The first-order chi connectivity index (χ1) is 13.2. The summed E-state index contributed by atoms with van der Waals surface area (Å²) >= 11 is 1.46. The minimum atomic E-state index is -0.0760. The van der Waals surface area contributed by atoms with E-state index in [1.165, 1.54) is 16.9 Å². The molecule has 0 saturated carbocycles. The van der Waals surface area contributed by atoms with Gasteiger partial charge >= 0.3 is 0 Å². The summed E-state index contributed by atoms with van der Waals surface area (Å²) in [6.07, 6.45) is 2.82. The molecule has 6 nitrogen and oxygen atoms in total.